The summed E-state index contributed by atoms with van der Waals surface area (Å²) in [6.45, 7) is 10.5. The van der Waals surface area contributed by atoms with Gasteiger partial charge in [-0.3, -0.25) is 4.99 Å². The Morgan fingerprint density at radius 1 is 1.42 bits per heavy atom. The fourth-order valence-corrected chi connectivity index (χ4v) is 2.80. The van der Waals surface area contributed by atoms with Crippen molar-refractivity contribution in [3.05, 3.63) is 53.9 Å². The summed E-state index contributed by atoms with van der Waals surface area (Å²) in [7, 11) is 1.78. The molecule has 0 saturated carbocycles. The lowest BCUT2D eigenvalue weighted by molar-refractivity contribution is 0.799. The average molecular weight is 321 g/mol. The van der Waals surface area contributed by atoms with Crippen LogP contribution in [0.1, 0.15) is 51.2 Å². The van der Waals surface area contributed by atoms with Gasteiger partial charge in [0.25, 0.3) is 0 Å². The third kappa shape index (κ3) is 4.10. The molecule has 24 heavy (non-hydrogen) atoms. The number of nitrogens with one attached hydrogen (secondary N) is 1. The molecule has 126 valence electrons. The zero-order chi connectivity index (χ0) is 17.5. The number of rotatable bonds is 7. The van der Waals surface area contributed by atoms with Crippen LogP contribution in [-0.4, -0.2) is 23.2 Å². The number of hydrogen-bond donors (Lipinski definition) is 1. The zero-order valence-electron chi connectivity index (χ0n) is 15.2. The molecule has 2 heterocycles. The van der Waals surface area contributed by atoms with Crippen LogP contribution in [0, 0.1) is 0 Å². The van der Waals surface area contributed by atoms with Gasteiger partial charge in [-0.15, -0.1) is 0 Å². The molecule has 0 radical (unpaired) electrons. The van der Waals surface area contributed by atoms with Gasteiger partial charge in [-0.2, -0.15) is 0 Å². The molecule has 0 aliphatic rings. The number of fused-ring (bicyclic) bond motifs is 1. The van der Waals surface area contributed by atoms with E-state index in [0.717, 1.165) is 28.6 Å². The Labute approximate surface area is 144 Å². The van der Waals surface area contributed by atoms with Gasteiger partial charge < -0.3 is 4.98 Å². The Kier molecular flexibility index (Phi) is 6.30. The van der Waals surface area contributed by atoms with E-state index in [1.54, 1.807) is 7.05 Å². The van der Waals surface area contributed by atoms with Gasteiger partial charge in [-0.05, 0) is 43.9 Å². The lowest BCUT2D eigenvalue weighted by Gasteiger charge is -2.05. The Hall–Kier alpha value is -2.42. The molecule has 0 unspecified atom stereocenters. The van der Waals surface area contributed by atoms with E-state index in [9.17, 15) is 0 Å². The minimum Gasteiger partial charge on any atom is -0.346 e. The van der Waals surface area contributed by atoms with Gasteiger partial charge in [-0.1, -0.05) is 37.6 Å². The number of pyridine rings is 1. The predicted octanol–water partition coefficient (Wildman–Crippen LogP) is 5.82. The van der Waals surface area contributed by atoms with E-state index in [0.29, 0.717) is 0 Å². The molecule has 0 bridgehead atoms. The number of allylic oxidation sites excluding steroid dienone is 5. The third-order valence-electron chi connectivity index (χ3n) is 4.14. The fourth-order valence-electron chi connectivity index (χ4n) is 2.80. The topological polar surface area (TPSA) is 41.0 Å². The summed E-state index contributed by atoms with van der Waals surface area (Å²) in [6.07, 6.45) is 13.5. The third-order valence-corrected chi connectivity index (χ3v) is 4.14. The molecular formula is C21H27N3. The van der Waals surface area contributed by atoms with Gasteiger partial charge in [0.15, 0.2) is 0 Å². The number of aromatic nitrogens is 2. The maximum absolute atomic E-state index is 4.56. The highest BCUT2D eigenvalue weighted by molar-refractivity contribution is 6.10. The van der Waals surface area contributed by atoms with Crippen molar-refractivity contribution in [2.24, 2.45) is 4.99 Å². The first-order valence-corrected chi connectivity index (χ1v) is 8.53. The monoisotopic (exact) mass is 321 g/mol. The summed E-state index contributed by atoms with van der Waals surface area (Å²) in [6, 6.07) is 2.18. The van der Waals surface area contributed by atoms with E-state index < -0.39 is 0 Å². The largest absolute Gasteiger partial charge is 0.346 e. The van der Waals surface area contributed by atoms with E-state index in [1.807, 2.05) is 25.5 Å². The highest BCUT2D eigenvalue weighted by atomic mass is 14.8. The molecule has 0 atom stereocenters. The van der Waals surface area contributed by atoms with Gasteiger partial charge in [0, 0.05) is 42.2 Å². The zero-order valence-corrected chi connectivity index (χ0v) is 15.2. The Morgan fingerprint density at radius 2 is 2.21 bits per heavy atom. The first-order valence-electron chi connectivity index (χ1n) is 8.53. The van der Waals surface area contributed by atoms with Crippen LogP contribution in [-0.2, 0) is 0 Å². The Morgan fingerprint density at radius 3 is 2.88 bits per heavy atom. The molecule has 0 amide bonds. The summed E-state index contributed by atoms with van der Waals surface area (Å²) in [5.41, 5.74) is 6.64. The summed E-state index contributed by atoms with van der Waals surface area (Å²) in [4.78, 5) is 11.9. The van der Waals surface area contributed by atoms with Crippen LogP contribution in [0.5, 0.6) is 0 Å². The average Bonchev–Trinajstić information content (AvgIpc) is 3.01. The standard InChI is InChI=1S/C21H27N3/c1-6-8-9-15(3)10-16(4)20-14-24-21-19(20)11-18(13-23-21)17(7-2)12-22-5/h7,10-14H,3,6,8-9H2,1-2,4-5H3,(H,23,24)/b16-10+,17-7+,22-12?. The van der Waals surface area contributed by atoms with Crippen LogP contribution in [0.4, 0.5) is 0 Å². The molecule has 2 aromatic rings. The van der Waals surface area contributed by atoms with Gasteiger partial charge >= 0.3 is 0 Å². The molecular weight excluding hydrogens is 294 g/mol. The van der Waals surface area contributed by atoms with Crippen molar-refractivity contribution >= 4 is 28.4 Å². The summed E-state index contributed by atoms with van der Waals surface area (Å²) >= 11 is 0. The van der Waals surface area contributed by atoms with Crippen LogP contribution in [0.15, 0.2) is 47.8 Å². The SMILES string of the molecule is C=C(/C=C(\C)c1c[nH]c2ncc(/C(C=NC)=C/C)cc12)CCCC. The number of nitrogens with zero attached hydrogens (tertiary/aromatic N) is 2. The van der Waals surface area contributed by atoms with Gasteiger partial charge in [-0.25, -0.2) is 4.98 Å². The number of aromatic amines is 1. The summed E-state index contributed by atoms with van der Waals surface area (Å²) < 4.78 is 0. The van der Waals surface area contributed by atoms with Crippen LogP contribution in [0.25, 0.3) is 22.2 Å². The highest BCUT2D eigenvalue weighted by Crippen LogP contribution is 2.27. The molecule has 0 fully saturated rings. The minimum atomic E-state index is 0.907. The molecule has 2 aromatic heterocycles. The van der Waals surface area contributed by atoms with E-state index in [2.05, 4.69) is 53.6 Å². The Bertz CT molecular complexity index is 804. The van der Waals surface area contributed by atoms with Crippen molar-refractivity contribution in [2.75, 3.05) is 7.05 Å². The quantitative estimate of drug-likeness (QED) is 0.507. The fraction of sp³-hybridized carbons (Fsp3) is 0.333. The number of H-pyrrole nitrogens is 1. The van der Waals surface area contributed by atoms with Crippen LogP contribution in [0.3, 0.4) is 0 Å². The molecule has 3 nitrogen and oxygen atoms in total. The van der Waals surface area contributed by atoms with Crippen molar-refractivity contribution in [1.29, 1.82) is 0 Å². The van der Waals surface area contributed by atoms with Crippen molar-refractivity contribution in [2.45, 2.75) is 40.0 Å². The lowest BCUT2D eigenvalue weighted by Crippen LogP contribution is -1.89. The normalized spacial score (nSPS) is 13.2. The molecule has 0 aliphatic heterocycles. The molecule has 0 spiro atoms. The van der Waals surface area contributed by atoms with Gasteiger partial charge in [0.2, 0.25) is 0 Å². The van der Waals surface area contributed by atoms with Gasteiger partial charge in [0.05, 0.1) is 0 Å². The van der Waals surface area contributed by atoms with Crippen molar-refractivity contribution in [3.63, 3.8) is 0 Å². The van der Waals surface area contributed by atoms with E-state index in [4.69, 9.17) is 0 Å². The summed E-state index contributed by atoms with van der Waals surface area (Å²) in [5, 5.41) is 1.13. The minimum absolute atomic E-state index is 0.907. The molecule has 3 heteroatoms. The smallest absolute Gasteiger partial charge is 0.137 e. The lowest BCUT2D eigenvalue weighted by atomic mass is 10.0. The highest BCUT2D eigenvalue weighted by Gasteiger charge is 2.09. The molecule has 0 saturated heterocycles. The first-order chi connectivity index (χ1) is 11.6. The molecule has 0 aromatic carbocycles. The second-order valence-electron chi connectivity index (χ2n) is 6.04. The Balaban J connectivity index is 2.41. The van der Waals surface area contributed by atoms with Gasteiger partial charge in [0.1, 0.15) is 5.65 Å². The van der Waals surface area contributed by atoms with E-state index in [-0.39, 0.29) is 0 Å². The molecule has 2 rings (SSSR count). The number of unbranched alkanes of at least 4 members (excludes halogenated alkanes) is 1. The second-order valence-corrected chi connectivity index (χ2v) is 6.04. The maximum Gasteiger partial charge on any atom is 0.137 e. The molecule has 1 N–H and O–H groups in total. The van der Waals surface area contributed by atoms with E-state index in [1.165, 1.54) is 29.6 Å². The number of hydrogen-bond acceptors (Lipinski definition) is 2. The predicted molar refractivity (Wildman–Crippen MR) is 106 cm³/mol. The van der Waals surface area contributed by atoms with Crippen molar-refractivity contribution in [3.8, 4) is 0 Å². The van der Waals surface area contributed by atoms with Crippen molar-refractivity contribution in [1.82, 2.24) is 9.97 Å². The first kappa shape index (κ1) is 17.9. The van der Waals surface area contributed by atoms with Crippen LogP contribution >= 0.6 is 0 Å². The number of aliphatic imine (C=N–C) groups is 1. The summed E-state index contributed by atoms with van der Waals surface area (Å²) in [5.74, 6) is 0. The van der Waals surface area contributed by atoms with Crippen molar-refractivity contribution < 1.29 is 0 Å². The second kappa shape index (κ2) is 8.44. The molecule has 0 aliphatic carbocycles. The van der Waals surface area contributed by atoms with E-state index >= 15 is 0 Å². The van der Waals surface area contributed by atoms with Crippen LogP contribution in [0.2, 0.25) is 0 Å². The maximum atomic E-state index is 4.56. The van der Waals surface area contributed by atoms with Crippen LogP contribution < -0.4 is 0 Å².